The van der Waals surface area contributed by atoms with Crippen LogP contribution in [-0.4, -0.2) is 22.4 Å². The zero-order chi connectivity index (χ0) is 24.6. The van der Waals surface area contributed by atoms with Crippen LogP contribution in [0, 0.1) is 11.3 Å². The molecule has 7 heteroatoms. The van der Waals surface area contributed by atoms with E-state index in [1.54, 1.807) is 17.8 Å². The van der Waals surface area contributed by atoms with E-state index in [9.17, 15) is 10.1 Å². The number of para-hydroxylation sites is 1. The lowest BCUT2D eigenvalue weighted by atomic mass is 10.1. The van der Waals surface area contributed by atoms with Gasteiger partial charge < -0.3 is 9.47 Å². The van der Waals surface area contributed by atoms with Crippen LogP contribution in [-0.2, 0) is 16.1 Å². The summed E-state index contributed by atoms with van der Waals surface area (Å²) >= 11 is 6.25. The molecular formula is C28H22ClN3O3. The number of nitrogens with zero attached hydrogens (tertiary/aromatic N) is 3. The number of aromatic nitrogens is 2. The Morgan fingerprint density at radius 2 is 1.86 bits per heavy atom. The third-order valence-corrected chi connectivity index (χ3v) is 5.51. The van der Waals surface area contributed by atoms with Crippen LogP contribution < -0.4 is 4.74 Å². The molecule has 6 nitrogen and oxygen atoms in total. The van der Waals surface area contributed by atoms with Gasteiger partial charge in [0, 0.05) is 27.9 Å². The summed E-state index contributed by atoms with van der Waals surface area (Å²) in [4.78, 5) is 12.2. The number of ether oxygens (including phenoxy) is 2. The molecule has 4 aromatic rings. The van der Waals surface area contributed by atoms with E-state index in [1.807, 2.05) is 84.9 Å². The quantitative estimate of drug-likeness (QED) is 0.168. The first-order valence-corrected chi connectivity index (χ1v) is 11.4. The van der Waals surface area contributed by atoms with Gasteiger partial charge in [-0.1, -0.05) is 60.1 Å². The summed E-state index contributed by atoms with van der Waals surface area (Å²) in [7, 11) is 0. The third kappa shape index (κ3) is 5.78. The molecule has 0 saturated carbocycles. The number of esters is 1. The van der Waals surface area contributed by atoms with Crippen LogP contribution in [0.1, 0.15) is 18.1 Å². The molecule has 0 aliphatic carbocycles. The highest BCUT2D eigenvalue weighted by molar-refractivity contribution is 6.31. The molecule has 1 aromatic heterocycles. The molecule has 0 aliphatic heterocycles. The Morgan fingerprint density at radius 3 is 2.60 bits per heavy atom. The summed E-state index contributed by atoms with van der Waals surface area (Å²) in [6, 6.07) is 26.5. The summed E-state index contributed by atoms with van der Waals surface area (Å²) in [6.45, 7) is 2.19. The van der Waals surface area contributed by atoms with Crippen molar-refractivity contribution in [1.29, 1.82) is 5.26 Å². The Labute approximate surface area is 208 Å². The van der Waals surface area contributed by atoms with E-state index in [2.05, 4.69) is 0 Å². The van der Waals surface area contributed by atoms with Crippen LogP contribution in [0.25, 0.3) is 23.0 Å². The third-order valence-electron chi connectivity index (χ3n) is 5.14. The Balaban J connectivity index is 1.72. The highest BCUT2D eigenvalue weighted by atomic mass is 35.5. The molecule has 1 heterocycles. The first-order valence-electron chi connectivity index (χ1n) is 11.0. The van der Waals surface area contributed by atoms with Crippen LogP contribution in [0.15, 0.2) is 90.6 Å². The molecule has 0 N–H and O–H groups in total. The highest BCUT2D eigenvalue weighted by Crippen LogP contribution is 2.29. The first-order chi connectivity index (χ1) is 17.1. The maximum absolute atomic E-state index is 12.2. The number of halogens is 1. The topological polar surface area (TPSA) is 77.1 Å². The SMILES string of the molecule is CCOC(=O)C(C#N)=Cc1cn(-c2ccccc2)nc1-c1cccc(OCc2ccccc2Cl)c1. The van der Waals surface area contributed by atoms with Gasteiger partial charge in [-0.15, -0.1) is 0 Å². The fourth-order valence-corrected chi connectivity index (χ4v) is 3.63. The van der Waals surface area contributed by atoms with E-state index in [1.165, 1.54) is 6.08 Å². The summed E-state index contributed by atoms with van der Waals surface area (Å²) in [5, 5.41) is 14.9. The van der Waals surface area contributed by atoms with E-state index in [4.69, 9.17) is 26.2 Å². The van der Waals surface area contributed by atoms with Crippen molar-refractivity contribution < 1.29 is 14.3 Å². The van der Waals surface area contributed by atoms with Gasteiger partial charge in [-0.2, -0.15) is 10.4 Å². The van der Waals surface area contributed by atoms with Crippen molar-refractivity contribution in [2.45, 2.75) is 13.5 Å². The van der Waals surface area contributed by atoms with Crippen LogP contribution in [0.2, 0.25) is 5.02 Å². The fraction of sp³-hybridized carbons (Fsp3) is 0.107. The number of carbonyl (C=O) groups is 1. The molecule has 0 amide bonds. The van der Waals surface area contributed by atoms with Crippen molar-refractivity contribution in [2.24, 2.45) is 0 Å². The Morgan fingerprint density at radius 1 is 1.09 bits per heavy atom. The molecule has 0 radical (unpaired) electrons. The van der Waals surface area contributed by atoms with E-state index >= 15 is 0 Å². The summed E-state index contributed by atoms with van der Waals surface area (Å²) in [5.41, 5.74) is 3.57. The summed E-state index contributed by atoms with van der Waals surface area (Å²) < 4.78 is 12.7. The second-order valence-corrected chi connectivity index (χ2v) is 7.92. The molecule has 0 spiro atoms. The Hall–Kier alpha value is -4.34. The summed E-state index contributed by atoms with van der Waals surface area (Å²) in [6.07, 6.45) is 3.27. The predicted molar refractivity (Wildman–Crippen MR) is 135 cm³/mol. The minimum absolute atomic E-state index is 0.105. The lowest BCUT2D eigenvalue weighted by Gasteiger charge is -2.09. The fourth-order valence-electron chi connectivity index (χ4n) is 3.44. The molecule has 174 valence electrons. The van der Waals surface area contributed by atoms with Crippen LogP contribution >= 0.6 is 11.6 Å². The number of carbonyl (C=O) groups excluding carboxylic acids is 1. The van der Waals surface area contributed by atoms with Gasteiger partial charge in [0.1, 0.15) is 29.7 Å². The molecule has 0 unspecified atom stereocenters. The van der Waals surface area contributed by atoms with Crippen LogP contribution in [0.3, 0.4) is 0 Å². The van der Waals surface area contributed by atoms with Gasteiger partial charge in [0.15, 0.2) is 0 Å². The monoisotopic (exact) mass is 483 g/mol. The number of hydrogen-bond acceptors (Lipinski definition) is 5. The van der Waals surface area contributed by atoms with Gasteiger partial charge in [-0.3, -0.25) is 0 Å². The Bertz CT molecular complexity index is 1400. The van der Waals surface area contributed by atoms with Crippen molar-refractivity contribution in [3.05, 3.63) is 107 Å². The normalized spacial score (nSPS) is 11.1. The highest BCUT2D eigenvalue weighted by Gasteiger charge is 2.16. The maximum atomic E-state index is 12.2. The van der Waals surface area contributed by atoms with Crippen molar-refractivity contribution in [3.63, 3.8) is 0 Å². The largest absolute Gasteiger partial charge is 0.489 e. The molecular weight excluding hydrogens is 462 g/mol. The van der Waals surface area contributed by atoms with Crippen LogP contribution in [0.4, 0.5) is 0 Å². The minimum Gasteiger partial charge on any atom is -0.489 e. The zero-order valence-corrected chi connectivity index (χ0v) is 19.8. The Kier molecular flexibility index (Phi) is 7.61. The summed E-state index contributed by atoms with van der Waals surface area (Å²) in [5.74, 6) is -0.0391. The second-order valence-electron chi connectivity index (χ2n) is 7.51. The minimum atomic E-state index is -0.676. The second kappa shape index (κ2) is 11.2. The van der Waals surface area contributed by atoms with Crippen LogP contribution in [0.5, 0.6) is 5.75 Å². The molecule has 0 aliphatic rings. The molecule has 0 saturated heterocycles. The van der Waals surface area contributed by atoms with Gasteiger partial charge >= 0.3 is 5.97 Å². The molecule has 0 fully saturated rings. The van der Waals surface area contributed by atoms with E-state index in [-0.39, 0.29) is 12.2 Å². The van der Waals surface area contributed by atoms with Gasteiger partial charge in [-0.25, -0.2) is 9.48 Å². The lowest BCUT2D eigenvalue weighted by Crippen LogP contribution is -2.06. The van der Waals surface area contributed by atoms with Crippen molar-refractivity contribution >= 4 is 23.6 Å². The molecule has 3 aromatic carbocycles. The van der Waals surface area contributed by atoms with Gasteiger partial charge in [0.2, 0.25) is 0 Å². The van der Waals surface area contributed by atoms with Gasteiger partial charge in [0.25, 0.3) is 0 Å². The average molecular weight is 484 g/mol. The first kappa shape index (κ1) is 23.8. The number of hydrogen-bond donors (Lipinski definition) is 0. The number of benzene rings is 3. The van der Waals surface area contributed by atoms with E-state index in [0.717, 1.165) is 16.8 Å². The standard InChI is InChI=1S/C28H22ClN3O3/c1-2-34-28(33)22(17-30)15-23-18-32(24-11-4-3-5-12-24)31-27(23)20-10-8-13-25(16-20)35-19-21-9-6-7-14-26(21)29/h3-16,18H,2,19H2,1H3. The van der Waals surface area contributed by atoms with Gasteiger partial charge in [-0.05, 0) is 43.3 Å². The van der Waals surface area contributed by atoms with Crippen molar-refractivity contribution in [2.75, 3.05) is 6.61 Å². The predicted octanol–water partition coefficient (Wildman–Crippen LogP) is 6.24. The molecule has 4 rings (SSSR count). The van der Waals surface area contributed by atoms with Crippen molar-refractivity contribution in [3.8, 4) is 28.8 Å². The lowest BCUT2D eigenvalue weighted by molar-refractivity contribution is -0.137. The van der Waals surface area contributed by atoms with E-state index in [0.29, 0.717) is 28.6 Å². The zero-order valence-electron chi connectivity index (χ0n) is 19.0. The smallest absolute Gasteiger partial charge is 0.348 e. The molecule has 0 bridgehead atoms. The molecule has 0 atom stereocenters. The van der Waals surface area contributed by atoms with Crippen molar-refractivity contribution in [1.82, 2.24) is 9.78 Å². The average Bonchev–Trinajstić information content (AvgIpc) is 3.31. The number of rotatable bonds is 8. The van der Waals surface area contributed by atoms with E-state index < -0.39 is 5.97 Å². The maximum Gasteiger partial charge on any atom is 0.348 e. The van der Waals surface area contributed by atoms with Gasteiger partial charge in [0.05, 0.1) is 12.3 Å². The molecule has 35 heavy (non-hydrogen) atoms. The number of nitriles is 1.